The van der Waals surface area contributed by atoms with Gasteiger partial charge in [0.2, 0.25) is 5.91 Å². The molecule has 0 saturated heterocycles. The van der Waals surface area contributed by atoms with Crippen LogP contribution in [-0.2, 0) is 4.79 Å². The Balaban J connectivity index is 1.74. The van der Waals surface area contributed by atoms with Gasteiger partial charge in [0.05, 0.1) is 6.54 Å². The van der Waals surface area contributed by atoms with Crippen LogP contribution in [0.2, 0.25) is 0 Å². The van der Waals surface area contributed by atoms with E-state index in [-0.39, 0.29) is 24.5 Å². The van der Waals surface area contributed by atoms with Gasteiger partial charge < -0.3 is 15.7 Å². The highest BCUT2D eigenvalue weighted by molar-refractivity contribution is 5.92. The van der Waals surface area contributed by atoms with Crippen molar-refractivity contribution >= 4 is 11.6 Å². The molecular formula is C17H26N2O2. The quantitative estimate of drug-likeness (QED) is 0.754. The maximum atomic E-state index is 11.9. The van der Waals surface area contributed by atoms with E-state index in [0.29, 0.717) is 6.54 Å². The Bertz CT molecular complexity index is 450. The first-order chi connectivity index (χ1) is 10.1. The zero-order chi connectivity index (χ0) is 15.1. The monoisotopic (exact) mass is 290 g/mol. The lowest BCUT2D eigenvalue weighted by Crippen LogP contribution is -2.41. The van der Waals surface area contributed by atoms with Crippen LogP contribution in [0.4, 0.5) is 5.69 Å². The van der Waals surface area contributed by atoms with Crippen molar-refractivity contribution in [1.29, 1.82) is 0 Å². The van der Waals surface area contributed by atoms with E-state index >= 15 is 0 Å². The maximum Gasteiger partial charge on any atom is 0.238 e. The minimum absolute atomic E-state index is 0.0254. The highest BCUT2D eigenvalue weighted by Crippen LogP contribution is 2.35. The molecule has 1 saturated carbocycles. The third-order valence-electron chi connectivity index (χ3n) is 4.37. The fourth-order valence-electron chi connectivity index (χ4n) is 2.98. The highest BCUT2D eigenvalue weighted by atomic mass is 16.3. The molecule has 1 aliphatic rings. The van der Waals surface area contributed by atoms with Crippen LogP contribution >= 0.6 is 0 Å². The Kier molecular flexibility index (Phi) is 5.76. The summed E-state index contributed by atoms with van der Waals surface area (Å²) in [7, 11) is 0. The molecule has 0 atom stereocenters. The molecule has 1 aromatic carbocycles. The van der Waals surface area contributed by atoms with Crippen LogP contribution in [0.3, 0.4) is 0 Å². The zero-order valence-electron chi connectivity index (χ0n) is 12.8. The Hall–Kier alpha value is -1.39. The molecule has 0 heterocycles. The van der Waals surface area contributed by atoms with Crippen molar-refractivity contribution in [3.63, 3.8) is 0 Å². The molecule has 21 heavy (non-hydrogen) atoms. The molecule has 0 bridgehead atoms. The van der Waals surface area contributed by atoms with E-state index in [9.17, 15) is 9.90 Å². The summed E-state index contributed by atoms with van der Waals surface area (Å²) in [5.41, 5.74) is 1.97. The lowest BCUT2D eigenvalue weighted by Gasteiger charge is -2.35. The van der Waals surface area contributed by atoms with E-state index in [1.165, 1.54) is 24.8 Å². The number of rotatable bonds is 6. The molecule has 1 fully saturated rings. The average molecular weight is 290 g/mol. The number of aryl methyl sites for hydroxylation is 1. The number of carbonyl (C=O) groups is 1. The summed E-state index contributed by atoms with van der Waals surface area (Å²) in [6.45, 7) is 3.23. The molecule has 0 aliphatic heterocycles. The third-order valence-corrected chi connectivity index (χ3v) is 4.37. The lowest BCUT2D eigenvalue weighted by molar-refractivity contribution is -0.115. The van der Waals surface area contributed by atoms with E-state index in [1.807, 2.05) is 31.2 Å². The van der Waals surface area contributed by atoms with Crippen LogP contribution in [0.25, 0.3) is 0 Å². The smallest absolute Gasteiger partial charge is 0.238 e. The number of benzene rings is 1. The average Bonchev–Trinajstić information content (AvgIpc) is 2.50. The number of carbonyl (C=O) groups excluding carboxylic acids is 1. The van der Waals surface area contributed by atoms with Crippen molar-refractivity contribution in [3.05, 3.63) is 29.8 Å². The standard InChI is InChI=1S/C17H26N2O2/c1-14-5-7-15(8-6-14)19-16(21)11-18-12-17(13-20)9-3-2-4-10-17/h5-8,18,20H,2-4,9-13H2,1H3,(H,19,21). The van der Waals surface area contributed by atoms with E-state index < -0.39 is 0 Å². The van der Waals surface area contributed by atoms with Gasteiger partial charge in [-0.15, -0.1) is 0 Å². The van der Waals surface area contributed by atoms with Gasteiger partial charge in [-0.3, -0.25) is 4.79 Å². The van der Waals surface area contributed by atoms with Crippen LogP contribution in [0.1, 0.15) is 37.7 Å². The predicted molar refractivity (Wildman–Crippen MR) is 85.3 cm³/mol. The molecule has 1 aromatic rings. The van der Waals surface area contributed by atoms with Gasteiger partial charge in [-0.1, -0.05) is 37.0 Å². The normalized spacial score (nSPS) is 17.4. The van der Waals surface area contributed by atoms with Crippen molar-refractivity contribution in [2.45, 2.75) is 39.0 Å². The molecule has 116 valence electrons. The van der Waals surface area contributed by atoms with Gasteiger partial charge in [0.1, 0.15) is 0 Å². The summed E-state index contributed by atoms with van der Waals surface area (Å²) in [5.74, 6) is -0.0391. The number of aliphatic hydroxyl groups excluding tert-OH is 1. The fourth-order valence-corrected chi connectivity index (χ4v) is 2.98. The molecular weight excluding hydrogens is 264 g/mol. The number of aliphatic hydroxyl groups is 1. The SMILES string of the molecule is Cc1ccc(NC(=O)CNCC2(CO)CCCCC2)cc1. The Morgan fingerprint density at radius 3 is 2.48 bits per heavy atom. The highest BCUT2D eigenvalue weighted by Gasteiger charge is 2.30. The predicted octanol–water partition coefficient (Wildman–Crippen LogP) is 2.47. The van der Waals surface area contributed by atoms with Gasteiger partial charge in [0, 0.05) is 24.3 Å². The number of hydrogen-bond acceptors (Lipinski definition) is 3. The van der Waals surface area contributed by atoms with Crippen LogP contribution < -0.4 is 10.6 Å². The number of nitrogens with one attached hydrogen (secondary N) is 2. The van der Waals surface area contributed by atoms with E-state index in [4.69, 9.17) is 0 Å². The second-order valence-electron chi connectivity index (χ2n) is 6.24. The molecule has 0 unspecified atom stereocenters. The summed E-state index contributed by atoms with van der Waals surface area (Å²) in [5, 5.41) is 15.7. The number of hydrogen-bond donors (Lipinski definition) is 3. The van der Waals surface area contributed by atoms with Crippen LogP contribution in [0.15, 0.2) is 24.3 Å². The van der Waals surface area contributed by atoms with Crippen molar-refractivity contribution in [3.8, 4) is 0 Å². The molecule has 2 rings (SSSR count). The van der Waals surface area contributed by atoms with Crippen molar-refractivity contribution < 1.29 is 9.90 Å². The summed E-state index contributed by atoms with van der Waals surface area (Å²) >= 11 is 0. The van der Waals surface area contributed by atoms with Gasteiger partial charge in [-0.05, 0) is 31.9 Å². The van der Waals surface area contributed by atoms with Crippen LogP contribution in [0, 0.1) is 12.3 Å². The van der Waals surface area contributed by atoms with Gasteiger partial charge in [-0.2, -0.15) is 0 Å². The minimum atomic E-state index is -0.0391. The Labute approximate surface area is 126 Å². The minimum Gasteiger partial charge on any atom is -0.396 e. The molecule has 4 nitrogen and oxygen atoms in total. The van der Waals surface area contributed by atoms with Gasteiger partial charge >= 0.3 is 0 Å². The first-order valence-electron chi connectivity index (χ1n) is 7.82. The molecule has 1 amide bonds. The van der Waals surface area contributed by atoms with E-state index in [2.05, 4.69) is 10.6 Å². The molecule has 0 radical (unpaired) electrons. The van der Waals surface area contributed by atoms with Crippen LogP contribution in [-0.4, -0.2) is 30.7 Å². The van der Waals surface area contributed by atoms with Gasteiger partial charge in [-0.25, -0.2) is 0 Å². The summed E-state index contributed by atoms with van der Waals surface area (Å²) in [6.07, 6.45) is 5.72. The fraction of sp³-hybridized carbons (Fsp3) is 0.588. The Morgan fingerprint density at radius 2 is 1.86 bits per heavy atom. The van der Waals surface area contributed by atoms with Crippen molar-refractivity contribution in [1.82, 2.24) is 5.32 Å². The molecule has 0 aromatic heterocycles. The maximum absolute atomic E-state index is 11.9. The second kappa shape index (κ2) is 7.57. The second-order valence-corrected chi connectivity index (χ2v) is 6.24. The van der Waals surface area contributed by atoms with E-state index in [0.717, 1.165) is 18.5 Å². The van der Waals surface area contributed by atoms with Crippen molar-refractivity contribution in [2.24, 2.45) is 5.41 Å². The zero-order valence-corrected chi connectivity index (χ0v) is 12.8. The molecule has 3 N–H and O–H groups in total. The molecule has 0 spiro atoms. The summed E-state index contributed by atoms with van der Waals surface area (Å²) in [4.78, 5) is 11.9. The lowest BCUT2D eigenvalue weighted by atomic mass is 9.74. The van der Waals surface area contributed by atoms with Crippen LogP contribution in [0.5, 0.6) is 0 Å². The summed E-state index contributed by atoms with van der Waals surface area (Å²) in [6, 6.07) is 7.77. The topological polar surface area (TPSA) is 61.4 Å². The van der Waals surface area contributed by atoms with Crippen molar-refractivity contribution in [2.75, 3.05) is 25.0 Å². The summed E-state index contributed by atoms with van der Waals surface area (Å²) < 4.78 is 0. The Morgan fingerprint density at radius 1 is 1.19 bits per heavy atom. The van der Waals surface area contributed by atoms with Gasteiger partial charge in [0.25, 0.3) is 0 Å². The first-order valence-corrected chi connectivity index (χ1v) is 7.82. The largest absolute Gasteiger partial charge is 0.396 e. The number of anilines is 1. The third kappa shape index (κ3) is 4.83. The van der Waals surface area contributed by atoms with Gasteiger partial charge in [0.15, 0.2) is 0 Å². The molecule has 1 aliphatic carbocycles. The first kappa shape index (κ1) is 16.0. The number of amides is 1. The van der Waals surface area contributed by atoms with E-state index in [1.54, 1.807) is 0 Å². The molecule has 4 heteroatoms.